The summed E-state index contributed by atoms with van der Waals surface area (Å²) in [6.45, 7) is 7.88. The van der Waals surface area contributed by atoms with Crippen LogP contribution in [0.2, 0.25) is 0 Å². The van der Waals surface area contributed by atoms with E-state index in [-0.39, 0.29) is 25.0 Å². The largest absolute Gasteiger partial charge is 0.396 e. The third kappa shape index (κ3) is 7.88. The maximum Gasteiger partial charge on any atom is 0.0796 e. The first-order chi connectivity index (χ1) is 8.81. The van der Waals surface area contributed by atoms with E-state index in [2.05, 4.69) is 13.8 Å². The summed E-state index contributed by atoms with van der Waals surface area (Å²) in [6.07, 6.45) is 1.46. The third-order valence-electron chi connectivity index (χ3n) is 4.01. The molecular formula is C15H32O4. The Labute approximate surface area is 117 Å². The molecule has 4 nitrogen and oxygen atoms in total. The van der Waals surface area contributed by atoms with Crippen molar-refractivity contribution in [1.29, 1.82) is 0 Å². The van der Waals surface area contributed by atoms with E-state index in [9.17, 15) is 10.2 Å². The molecule has 6 atom stereocenters. The van der Waals surface area contributed by atoms with Gasteiger partial charge in [0.15, 0.2) is 0 Å². The van der Waals surface area contributed by atoms with Crippen LogP contribution in [0.4, 0.5) is 0 Å². The molecule has 0 aromatic rings. The Balaban J connectivity index is 4.01. The zero-order chi connectivity index (χ0) is 15.0. The number of hydrogen-bond acceptors (Lipinski definition) is 4. The van der Waals surface area contributed by atoms with Crippen LogP contribution < -0.4 is 0 Å². The minimum absolute atomic E-state index is 0.0170. The van der Waals surface area contributed by atoms with Gasteiger partial charge < -0.3 is 20.4 Å². The van der Waals surface area contributed by atoms with Crippen molar-refractivity contribution >= 4 is 0 Å². The van der Waals surface area contributed by atoms with Crippen LogP contribution in [0.3, 0.4) is 0 Å². The van der Waals surface area contributed by atoms with Crippen LogP contribution >= 0.6 is 0 Å². The van der Waals surface area contributed by atoms with Crippen molar-refractivity contribution in [3.8, 4) is 0 Å². The Morgan fingerprint density at radius 1 is 0.632 bits per heavy atom. The molecule has 19 heavy (non-hydrogen) atoms. The van der Waals surface area contributed by atoms with Gasteiger partial charge in [0.2, 0.25) is 0 Å². The fraction of sp³-hybridized carbons (Fsp3) is 1.00. The van der Waals surface area contributed by atoms with Crippen molar-refractivity contribution in [3.63, 3.8) is 0 Å². The smallest absolute Gasteiger partial charge is 0.0796 e. The van der Waals surface area contributed by atoms with Crippen LogP contribution in [0.5, 0.6) is 0 Å². The molecule has 0 aromatic carbocycles. The third-order valence-corrected chi connectivity index (χ3v) is 4.01. The molecule has 0 aliphatic rings. The van der Waals surface area contributed by atoms with Crippen molar-refractivity contribution in [2.45, 2.75) is 59.2 Å². The standard InChI is InChI=1S/C15H32O4/c1-10(6-12(3)15(19)9-17)5-11(2)7-14(18)13(4)8-16/h10-19H,5-9H2,1-4H3/t10-,11+,12-,13+,14+,15-/m0/s1. The molecule has 0 bridgehead atoms. The van der Waals surface area contributed by atoms with Gasteiger partial charge in [0.05, 0.1) is 18.8 Å². The highest BCUT2D eigenvalue weighted by Crippen LogP contribution is 2.25. The normalized spacial score (nSPS) is 21.5. The van der Waals surface area contributed by atoms with E-state index < -0.39 is 12.2 Å². The summed E-state index contributed by atoms with van der Waals surface area (Å²) < 4.78 is 0. The van der Waals surface area contributed by atoms with Gasteiger partial charge in [-0.05, 0) is 37.0 Å². The van der Waals surface area contributed by atoms with Gasteiger partial charge in [-0.25, -0.2) is 0 Å². The first-order valence-corrected chi connectivity index (χ1v) is 7.39. The summed E-state index contributed by atoms with van der Waals surface area (Å²) in [5.41, 5.74) is 0. The van der Waals surface area contributed by atoms with Crippen molar-refractivity contribution in [1.82, 2.24) is 0 Å². The molecule has 0 spiro atoms. The molecule has 0 saturated carbocycles. The highest BCUT2D eigenvalue weighted by Gasteiger charge is 2.21. The average molecular weight is 276 g/mol. The highest BCUT2D eigenvalue weighted by molar-refractivity contribution is 4.72. The van der Waals surface area contributed by atoms with E-state index in [1.165, 1.54) is 0 Å². The predicted octanol–water partition coefficient (Wildman–Crippen LogP) is 1.41. The topological polar surface area (TPSA) is 80.9 Å². The Morgan fingerprint density at radius 2 is 1.16 bits per heavy atom. The van der Waals surface area contributed by atoms with Crippen LogP contribution in [0.1, 0.15) is 47.0 Å². The quantitative estimate of drug-likeness (QED) is 0.486. The summed E-state index contributed by atoms with van der Waals surface area (Å²) in [7, 11) is 0. The van der Waals surface area contributed by atoms with Crippen molar-refractivity contribution in [2.24, 2.45) is 23.7 Å². The van der Waals surface area contributed by atoms with Gasteiger partial charge in [0.25, 0.3) is 0 Å². The number of rotatable bonds is 10. The molecule has 4 heteroatoms. The first kappa shape index (κ1) is 18.8. The Morgan fingerprint density at radius 3 is 1.63 bits per heavy atom. The molecule has 0 fully saturated rings. The monoisotopic (exact) mass is 276 g/mol. The Kier molecular flexibility index (Phi) is 9.62. The molecule has 0 radical (unpaired) electrons. The molecular weight excluding hydrogens is 244 g/mol. The van der Waals surface area contributed by atoms with Gasteiger partial charge in [0, 0.05) is 12.5 Å². The minimum atomic E-state index is -0.641. The lowest BCUT2D eigenvalue weighted by Gasteiger charge is -2.25. The molecule has 4 N–H and O–H groups in total. The Bertz CT molecular complexity index is 200. The molecule has 0 saturated heterocycles. The van der Waals surface area contributed by atoms with E-state index in [4.69, 9.17) is 10.2 Å². The lowest BCUT2D eigenvalue weighted by molar-refractivity contribution is 0.0400. The van der Waals surface area contributed by atoms with Crippen LogP contribution in [0, 0.1) is 23.7 Å². The molecule has 0 unspecified atom stereocenters. The zero-order valence-electron chi connectivity index (χ0n) is 12.8. The van der Waals surface area contributed by atoms with Crippen LogP contribution in [0.15, 0.2) is 0 Å². The van der Waals surface area contributed by atoms with Crippen LogP contribution in [0.25, 0.3) is 0 Å². The predicted molar refractivity (Wildman–Crippen MR) is 76.7 cm³/mol. The second-order valence-corrected chi connectivity index (χ2v) is 6.37. The first-order valence-electron chi connectivity index (χ1n) is 7.39. The molecule has 116 valence electrons. The fourth-order valence-electron chi connectivity index (χ4n) is 2.62. The minimum Gasteiger partial charge on any atom is -0.396 e. The van der Waals surface area contributed by atoms with Gasteiger partial charge in [-0.1, -0.05) is 27.7 Å². The van der Waals surface area contributed by atoms with Crippen molar-refractivity contribution in [3.05, 3.63) is 0 Å². The van der Waals surface area contributed by atoms with Crippen molar-refractivity contribution < 1.29 is 20.4 Å². The van der Waals surface area contributed by atoms with Crippen LogP contribution in [-0.4, -0.2) is 45.8 Å². The van der Waals surface area contributed by atoms with Gasteiger partial charge >= 0.3 is 0 Å². The molecule has 0 amide bonds. The molecule has 0 aliphatic carbocycles. The van der Waals surface area contributed by atoms with E-state index in [0.717, 1.165) is 12.8 Å². The average Bonchev–Trinajstić information content (AvgIpc) is 2.35. The maximum atomic E-state index is 9.88. The fourth-order valence-corrected chi connectivity index (χ4v) is 2.62. The summed E-state index contributed by atoms with van der Waals surface area (Å²) in [5.74, 6) is 0.849. The van der Waals surface area contributed by atoms with E-state index in [1.807, 2.05) is 13.8 Å². The Hall–Kier alpha value is -0.160. The lowest BCUT2D eigenvalue weighted by Crippen LogP contribution is -2.25. The van der Waals surface area contributed by atoms with Gasteiger partial charge in [-0.2, -0.15) is 0 Å². The number of aliphatic hydroxyl groups excluding tert-OH is 4. The van der Waals surface area contributed by atoms with Crippen molar-refractivity contribution in [2.75, 3.05) is 13.2 Å². The summed E-state index contributed by atoms with van der Waals surface area (Å²) in [6, 6.07) is 0. The summed E-state index contributed by atoms with van der Waals surface area (Å²) >= 11 is 0. The SMILES string of the molecule is C[C@H](C[C@H](C)C[C@H](C)[C@@H](O)CO)C[C@@H](O)[C@H](C)CO. The summed E-state index contributed by atoms with van der Waals surface area (Å²) in [4.78, 5) is 0. The highest BCUT2D eigenvalue weighted by atomic mass is 16.3. The second-order valence-electron chi connectivity index (χ2n) is 6.37. The van der Waals surface area contributed by atoms with E-state index >= 15 is 0 Å². The number of aliphatic hydroxyl groups is 4. The zero-order valence-corrected chi connectivity index (χ0v) is 12.8. The van der Waals surface area contributed by atoms with E-state index in [1.54, 1.807) is 0 Å². The van der Waals surface area contributed by atoms with E-state index in [0.29, 0.717) is 18.3 Å². The summed E-state index contributed by atoms with van der Waals surface area (Å²) in [5, 5.41) is 37.3. The molecule has 0 aromatic heterocycles. The van der Waals surface area contributed by atoms with Gasteiger partial charge in [-0.15, -0.1) is 0 Å². The maximum absolute atomic E-state index is 9.88. The number of hydrogen-bond donors (Lipinski definition) is 4. The molecule has 0 aliphatic heterocycles. The lowest BCUT2D eigenvalue weighted by atomic mass is 9.84. The van der Waals surface area contributed by atoms with Gasteiger partial charge in [-0.3, -0.25) is 0 Å². The molecule has 0 heterocycles. The van der Waals surface area contributed by atoms with Gasteiger partial charge in [0.1, 0.15) is 0 Å². The molecule has 0 rings (SSSR count). The second kappa shape index (κ2) is 9.70. The van der Waals surface area contributed by atoms with Crippen LogP contribution in [-0.2, 0) is 0 Å².